The molecule has 0 N–H and O–H groups in total. The lowest BCUT2D eigenvalue weighted by Gasteiger charge is -2.05. The maximum Gasteiger partial charge on any atom is 0.182 e. The Morgan fingerprint density at radius 3 is 2.46 bits per heavy atom. The first-order chi connectivity index (χ1) is 6.29. The number of benzene rings is 1. The minimum atomic E-state index is 0.0965. The fourth-order valence-electron chi connectivity index (χ4n) is 1.33. The molecule has 0 saturated carbocycles. The second kappa shape index (κ2) is 4.51. The molecule has 0 aromatic heterocycles. The van der Waals surface area contributed by atoms with Crippen molar-refractivity contribution in [3.05, 3.63) is 54.6 Å². The van der Waals surface area contributed by atoms with Crippen molar-refractivity contribution in [3.63, 3.8) is 0 Å². The molecule has 0 amide bonds. The van der Waals surface area contributed by atoms with E-state index in [1.165, 1.54) is 0 Å². The zero-order valence-electron chi connectivity index (χ0n) is 7.62. The molecule has 0 aliphatic rings. The van der Waals surface area contributed by atoms with Gasteiger partial charge < -0.3 is 0 Å². The third-order valence-corrected chi connectivity index (χ3v) is 1.94. The molecular formula is C12H13O. The van der Waals surface area contributed by atoms with E-state index in [2.05, 4.69) is 13.2 Å². The molecule has 0 aliphatic heterocycles. The number of hydrogen-bond acceptors (Lipinski definition) is 0. The highest BCUT2D eigenvalue weighted by atomic mass is 16.3. The van der Waals surface area contributed by atoms with Gasteiger partial charge in [-0.25, -0.2) is 0 Å². The lowest BCUT2D eigenvalue weighted by molar-refractivity contribution is 0.350. The van der Waals surface area contributed by atoms with Crippen LogP contribution in [0.25, 0.3) is 0 Å². The Balaban J connectivity index is 3.08. The summed E-state index contributed by atoms with van der Waals surface area (Å²) in [6, 6.07) is 5.33. The summed E-state index contributed by atoms with van der Waals surface area (Å²) in [5.41, 5.74) is 1.90. The van der Waals surface area contributed by atoms with Gasteiger partial charge in [0.05, 0.1) is 0 Å². The van der Waals surface area contributed by atoms with Gasteiger partial charge in [-0.05, 0) is 24.5 Å². The SMILES string of the molecule is C=CCc1cccc([O])c1CC=C. The molecular weight excluding hydrogens is 160 g/mol. The van der Waals surface area contributed by atoms with Gasteiger partial charge in [0.1, 0.15) is 0 Å². The molecule has 0 aliphatic carbocycles. The summed E-state index contributed by atoms with van der Waals surface area (Å²) in [6.45, 7) is 7.29. The summed E-state index contributed by atoms with van der Waals surface area (Å²) in [5, 5.41) is 11.4. The van der Waals surface area contributed by atoms with E-state index in [1.54, 1.807) is 24.3 Å². The highest BCUT2D eigenvalue weighted by Crippen LogP contribution is 2.23. The van der Waals surface area contributed by atoms with Crippen LogP contribution in [0.15, 0.2) is 43.5 Å². The normalized spacial score (nSPS) is 9.54. The summed E-state index contributed by atoms with van der Waals surface area (Å²) in [7, 11) is 0. The van der Waals surface area contributed by atoms with Crippen LogP contribution >= 0.6 is 0 Å². The number of allylic oxidation sites excluding steroid dienone is 2. The monoisotopic (exact) mass is 173 g/mol. The van der Waals surface area contributed by atoms with Crippen molar-refractivity contribution in [3.8, 4) is 5.75 Å². The summed E-state index contributed by atoms with van der Waals surface area (Å²) in [4.78, 5) is 0. The van der Waals surface area contributed by atoms with Crippen LogP contribution in [-0.4, -0.2) is 0 Å². The maximum absolute atomic E-state index is 11.4. The van der Waals surface area contributed by atoms with E-state index < -0.39 is 0 Å². The van der Waals surface area contributed by atoms with Gasteiger partial charge >= 0.3 is 0 Å². The molecule has 1 radical (unpaired) electrons. The van der Waals surface area contributed by atoms with Crippen LogP contribution in [0.1, 0.15) is 11.1 Å². The van der Waals surface area contributed by atoms with Crippen LogP contribution in [-0.2, 0) is 17.9 Å². The Kier molecular flexibility index (Phi) is 3.32. The highest BCUT2D eigenvalue weighted by molar-refractivity contribution is 5.41. The molecule has 13 heavy (non-hydrogen) atoms. The predicted octanol–water partition coefficient (Wildman–Crippen LogP) is 3.29. The second-order valence-corrected chi connectivity index (χ2v) is 2.88. The van der Waals surface area contributed by atoms with Crippen LogP contribution in [0.5, 0.6) is 5.75 Å². The van der Waals surface area contributed by atoms with Crippen molar-refractivity contribution in [2.45, 2.75) is 12.8 Å². The molecule has 0 bridgehead atoms. The van der Waals surface area contributed by atoms with E-state index in [0.29, 0.717) is 6.42 Å². The van der Waals surface area contributed by atoms with Crippen molar-refractivity contribution < 1.29 is 5.11 Å². The molecule has 0 spiro atoms. The van der Waals surface area contributed by atoms with Gasteiger partial charge in [-0.15, -0.1) is 13.2 Å². The Morgan fingerprint density at radius 1 is 1.15 bits per heavy atom. The van der Waals surface area contributed by atoms with Gasteiger partial charge in [-0.3, -0.25) is 5.11 Å². The van der Waals surface area contributed by atoms with Crippen molar-refractivity contribution in [1.82, 2.24) is 0 Å². The summed E-state index contributed by atoms with van der Waals surface area (Å²) < 4.78 is 0. The smallest absolute Gasteiger partial charge is 0.182 e. The molecule has 1 heteroatoms. The number of rotatable bonds is 4. The molecule has 0 heterocycles. The van der Waals surface area contributed by atoms with E-state index in [9.17, 15) is 5.11 Å². The first kappa shape index (κ1) is 9.59. The number of hydrogen-bond donors (Lipinski definition) is 0. The van der Waals surface area contributed by atoms with E-state index in [1.807, 2.05) is 6.07 Å². The van der Waals surface area contributed by atoms with Gasteiger partial charge in [-0.1, -0.05) is 24.3 Å². The van der Waals surface area contributed by atoms with Gasteiger partial charge in [-0.2, -0.15) is 0 Å². The van der Waals surface area contributed by atoms with Gasteiger partial charge in [0.25, 0.3) is 0 Å². The predicted molar refractivity (Wildman–Crippen MR) is 54.4 cm³/mol. The third kappa shape index (κ3) is 2.22. The van der Waals surface area contributed by atoms with Crippen molar-refractivity contribution in [2.24, 2.45) is 0 Å². The van der Waals surface area contributed by atoms with Crippen LogP contribution < -0.4 is 0 Å². The Labute approximate surface area is 79.0 Å². The van der Waals surface area contributed by atoms with E-state index in [4.69, 9.17) is 0 Å². The summed E-state index contributed by atoms with van der Waals surface area (Å²) in [6.07, 6.45) is 4.95. The van der Waals surface area contributed by atoms with Crippen LogP contribution in [0, 0.1) is 0 Å². The molecule has 0 saturated heterocycles. The highest BCUT2D eigenvalue weighted by Gasteiger charge is 2.05. The molecule has 1 aromatic rings. The Morgan fingerprint density at radius 2 is 1.85 bits per heavy atom. The zero-order chi connectivity index (χ0) is 9.68. The average molecular weight is 173 g/mol. The quantitative estimate of drug-likeness (QED) is 0.623. The van der Waals surface area contributed by atoms with Crippen LogP contribution in [0.3, 0.4) is 0 Å². The third-order valence-electron chi connectivity index (χ3n) is 1.94. The maximum atomic E-state index is 11.4. The van der Waals surface area contributed by atoms with Crippen molar-refractivity contribution in [1.29, 1.82) is 0 Å². The first-order valence-electron chi connectivity index (χ1n) is 4.29. The second-order valence-electron chi connectivity index (χ2n) is 2.88. The minimum absolute atomic E-state index is 0.0965. The molecule has 1 aromatic carbocycles. The molecule has 0 fully saturated rings. The average Bonchev–Trinajstić information content (AvgIpc) is 2.11. The van der Waals surface area contributed by atoms with Gasteiger partial charge in [0.2, 0.25) is 0 Å². The Hall–Kier alpha value is -1.50. The van der Waals surface area contributed by atoms with Crippen molar-refractivity contribution >= 4 is 0 Å². The van der Waals surface area contributed by atoms with Gasteiger partial charge in [0, 0.05) is 5.56 Å². The molecule has 1 rings (SSSR count). The molecule has 0 atom stereocenters. The zero-order valence-corrected chi connectivity index (χ0v) is 7.62. The lowest BCUT2D eigenvalue weighted by Crippen LogP contribution is -1.91. The standard InChI is InChI=1S/C12H13O/c1-3-6-10-8-5-9-12(13)11(10)7-4-2/h3-5,8-9H,1-2,6-7H2. The lowest BCUT2D eigenvalue weighted by atomic mass is 10.0. The van der Waals surface area contributed by atoms with E-state index >= 15 is 0 Å². The topological polar surface area (TPSA) is 19.9 Å². The minimum Gasteiger partial charge on any atom is -0.290 e. The van der Waals surface area contributed by atoms with Crippen LogP contribution in [0.4, 0.5) is 0 Å². The largest absolute Gasteiger partial charge is 0.290 e. The Bertz CT molecular complexity index is 313. The summed E-state index contributed by atoms with van der Waals surface area (Å²) >= 11 is 0. The van der Waals surface area contributed by atoms with Crippen molar-refractivity contribution in [2.75, 3.05) is 0 Å². The van der Waals surface area contributed by atoms with Gasteiger partial charge in [0.15, 0.2) is 5.75 Å². The van der Waals surface area contributed by atoms with E-state index in [0.717, 1.165) is 17.5 Å². The summed E-state index contributed by atoms with van der Waals surface area (Å²) in [5.74, 6) is 0.0965. The van der Waals surface area contributed by atoms with E-state index in [-0.39, 0.29) is 5.75 Å². The molecule has 0 unspecified atom stereocenters. The first-order valence-corrected chi connectivity index (χ1v) is 4.29. The van der Waals surface area contributed by atoms with Crippen LogP contribution in [0.2, 0.25) is 0 Å². The fourth-order valence-corrected chi connectivity index (χ4v) is 1.33. The molecule has 67 valence electrons. The fraction of sp³-hybridized carbons (Fsp3) is 0.167. The molecule has 1 nitrogen and oxygen atoms in total.